The van der Waals surface area contributed by atoms with Crippen molar-refractivity contribution in [1.82, 2.24) is 0 Å². The Hall–Kier alpha value is -1.18. The van der Waals surface area contributed by atoms with Gasteiger partial charge in [-0.3, -0.25) is 0 Å². The molecule has 0 aliphatic carbocycles. The molecule has 0 heterocycles. The van der Waals surface area contributed by atoms with E-state index < -0.39 is 0 Å². The van der Waals surface area contributed by atoms with Gasteiger partial charge >= 0.3 is 0 Å². The highest BCUT2D eigenvalue weighted by molar-refractivity contribution is 5.43. The molecule has 0 fully saturated rings. The molecule has 0 aliphatic heterocycles. The molecule has 0 unspecified atom stereocenters. The third kappa shape index (κ3) is 3.76. The van der Waals surface area contributed by atoms with Gasteiger partial charge < -0.3 is 9.47 Å². The molecule has 0 saturated carbocycles. The second kappa shape index (κ2) is 7.15. The lowest BCUT2D eigenvalue weighted by Gasteiger charge is -2.13. The zero-order chi connectivity index (χ0) is 11.8. The topological polar surface area (TPSA) is 18.5 Å². The molecule has 0 N–H and O–H groups in total. The van der Waals surface area contributed by atoms with Gasteiger partial charge in [0.2, 0.25) is 0 Å². The minimum atomic E-state index is 0.744. The quantitative estimate of drug-likeness (QED) is 0.698. The molecular weight excluding hydrogens is 200 g/mol. The zero-order valence-electron chi connectivity index (χ0n) is 10.6. The van der Waals surface area contributed by atoms with Crippen molar-refractivity contribution in [1.29, 1.82) is 0 Å². The summed E-state index contributed by atoms with van der Waals surface area (Å²) in [5, 5.41) is 0. The van der Waals surface area contributed by atoms with E-state index in [0.29, 0.717) is 0 Å². The molecule has 0 radical (unpaired) electrons. The Morgan fingerprint density at radius 1 is 0.875 bits per heavy atom. The van der Waals surface area contributed by atoms with Crippen LogP contribution in [0.25, 0.3) is 0 Å². The minimum absolute atomic E-state index is 0.744. The van der Waals surface area contributed by atoms with Crippen LogP contribution in [-0.4, -0.2) is 13.2 Å². The average Bonchev–Trinajstić information content (AvgIpc) is 2.34. The van der Waals surface area contributed by atoms with Gasteiger partial charge in [0.1, 0.15) is 0 Å². The maximum absolute atomic E-state index is 5.70. The van der Waals surface area contributed by atoms with Gasteiger partial charge in [0.15, 0.2) is 11.5 Å². The molecule has 0 bridgehead atoms. The van der Waals surface area contributed by atoms with E-state index in [4.69, 9.17) is 9.47 Å². The number of benzene rings is 1. The summed E-state index contributed by atoms with van der Waals surface area (Å²) < 4.78 is 11.4. The fraction of sp³-hybridized carbons (Fsp3) is 0.571. The predicted molar refractivity (Wildman–Crippen MR) is 67.4 cm³/mol. The molecule has 2 heteroatoms. The molecule has 16 heavy (non-hydrogen) atoms. The Balaban J connectivity index is 2.78. The largest absolute Gasteiger partial charge is 0.490 e. The van der Waals surface area contributed by atoms with Crippen LogP contribution in [-0.2, 0) is 6.42 Å². The van der Waals surface area contributed by atoms with E-state index in [9.17, 15) is 0 Å². The molecule has 90 valence electrons. The number of hydrogen-bond donors (Lipinski definition) is 0. The SMILES string of the molecule is CCCOc1ccc(CC)cc1OCCC. The predicted octanol–water partition coefficient (Wildman–Crippen LogP) is 3.83. The van der Waals surface area contributed by atoms with Crippen molar-refractivity contribution < 1.29 is 9.47 Å². The normalized spacial score (nSPS) is 10.2. The lowest BCUT2D eigenvalue weighted by molar-refractivity contribution is 0.268. The highest BCUT2D eigenvalue weighted by Gasteiger charge is 2.05. The maximum atomic E-state index is 5.70. The van der Waals surface area contributed by atoms with Gasteiger partial charge in [-0.1, -0.05) is 26.8 Å². The summed E-state index contributed by atoms with van der Waals surface area (Å²) in [5.41, 5.74) is 1.29. The molecule has 1 aromatic carbocycles. The summed E-state index contributed by atoms with van der Waals surface area (Å²) in [6.45, 7) is 7.85. The Bertz CT molecular complexity index is 308. The fourth-order valence-electron chi connectivity index (χ4n) is 1.43. The zero-order valence-corrected chi connectivity index (χ0v) is 10.6. The van der Waals surface area contributed by atoms with Crippen LogP contribution >= 0.6 is 0 Å². The van der Waals surface area contributed by atoms with Gasteiger partial charge in [-0.2, -0.15) is 0 Å². The third-order valence-electron chi connectivity index (χ3n) is 2.34. The van der Waals surface area contributed by atoms with Gasteiger partial charge in [-0.25, -0.2) is 0 Å². The summed E-state index contributed by atoms with van der Waals surface area (Å²) in [5.74, 6) is 1.75. The van der Waals surface area contributed by atoms with E-state index in [2.05, 4.69) is 32.9 Å². The molecule has 1 aromatic rings. The molecule has 0 atom stereocenters. The summed E-state index contributed by atoms with van der Waals surface area (Å²) in [7, 11) is 0. The average molecular weight is 222 g/mol. The Morgan fingerprint density at radius 3 is 2.06 bits per heavy atom. The number of rotatable bonds is 7. The maximum Gasteiger partial charge on any atom is 0.161 e. The van der Waals surface area contributed by atoms with Gasteiger partial charge in [-0.05, 0) is 37.0 Å². The minimum Gasteiger partial charge on any atom is -0.490 e. The van der Waals surface area contributed by atoms with Crippen molar-refractivity contribution in [3.05, 3.63) is 23.8 Å². The third-order valence-corrected chi connectivity index (χ3v) is 2.34. The van der Waals surface area contributed by atoms with Gasteiger partial charge in [0.05, 0.1) is 13.2 Å². The van der Waals surface area contributed by atoms with Crippen molar-refractivity contribution in [2.24, 2.45) is 0 Å². The van der Waals surface area contributed by atoms with E-state index >= 15 is 0 Å². The number of aryl methyl sites for hydroxylation is 1. The van der Waals surface area contributed by atoms with Crippen LogP contribution in [0.4, 0.5) is 0 Å². The van der Waals surface area contributed by atoms with Crippen LogP contribution in [0, 0.1) is 0 Å². The molecule has 1 rings (SSSR count). The molecule has 0 aromatic heterocycles. The number of hydrogen-bond acceptors (Lipinski definition) is 2. The van der Waals surface area contributed by atoms with E-state index in [-0.39, 0.29) is 0 Å². The van der Waals surface area contributed by atoms with Crippen LogP contribution in [0.1, 0.15) is 39.2 Å². The molecule has 0 spiro atoms. The highest BCUT2D eigenvalue weighted by atomic mass is 16.5. The van der Waals surface area contributed by atoms with Crippen LogP contribution in [0.2, 0.25) is 0 Å². The van der Waals surface area contributed by atoms with Gasteiger partial charge in [-0.15, -0.1) is 0 Å². The summed E-state index contributed by atoms with van der Waals surface area (Å²) in [4.78, 5) is 0. The first-order valence-electron chi connectivity index (χ1n) is 6.20. The first-order chi connectivity index (χ1) is 7.81. The smallest absolute Gasteiger partial charge is 0.161 e. The van der Waals surface area contributed by atoms with E-state index in [1.165, 1.54) is 5.56 Å². The first-order valence-corrected chi connectivity index (χ1v) is 6.20. The van der Waals surface area contributed by atoms with Crippen LogP contribution in [0.15, 0.2) is 18.2 Å². The molecule has 0 aliphatic rings. The second-order valence-corrected chi connectivity index (χ2v) is 3.83. The van der Waals surface area contributed by atoms with Crippen molar-refractivity contribution in [2.45, 2.75) is 40.0 Å². The van der Waals surface area contributed by atoms with E-state index in [1.807, 2.05) is 6.07 Å². The van der Waals surface area contributed by atoms with Crippen molar-refractivity contribution in [3.8, 4) is 11.5 Å². The Morgan fingerprint density at radius 2 is 1.50 bits per heavy atom. The van der Waals surface area contributed by atoms with Crippen LogP contribution < -0.4 is 9.47 Å². The molecule has 0 saturated heterocycles. The van der Waals surface area contributed by atoms with E-state index in [1.54, 1.807) is 0 Å². The lowest BCUT2D eigenvalue weighted by Crippen LogP contribution is -2.01. The van der Waals surface area contributed by atoms with Gasteiger partial charge in [0, 0.05) is 0 Å². The standard InChI is InChI=1S/C14H22O2/c1-4-9-15-13-8-7-12(6-3)11-14(13)16-10-5-2/h7-8,11H,4-6,9-10H2,1-3H3. The highest BCUT2D eigenvalue weighted by Crippen LogP contribution is 2.28. The van der Waals surface area contributed by atoms with Crippen LogP contribution in [0.3, 0.4) is 0 Å². The van der Waals surface area contributed by atoms with Gasteiger partial charge in [0.25, 0.3) is 0 Å². The Kier molecular flexibility index (Phi) is 5.76. The molecule has 0 amide bonds. The lowest BCUT2D eigenvalue weighted by atomic mass is 10.1. The van der Waals surface area contributed by atoms with Crippen molar-refractivity contribution in [2.75, 3.05) is 13.2 Å². The van der Waals surface area contributed by atoms with E-state index in [0.717, 1.165) is 44.0 Å². The van der Waals surface area contributed by atoms with Crippen molar-refractivity contribution >= 4 is 0 Å². The fourth-order valence-corrected chi connectivity index (χ4v) is 1.43. The number of ether oxygens (including phenoxy) is 2. The second-order valence-electron chi connectivity index (χ2n) is 3.83. The van der Waals surface area contributed by atoms with Crippen LogP contribution in [0.5, 0.6) is 11.5 Å². The molecular formula is C14H22O2. The summed E-state index contributed by atoms with van der Waals surface area (Å²) >= 11 is 0. The Labute approximate surface area is 98.6 Å². The monoisotopic (exact) mass is 222 g/mol. The van der Waals surface area contributed by atoms with Crippen molar-refractivity contribution in [3.63, 3.8) is 0 Å². The first kappa shape index (κ1) is 12.9. The summed E-state index contributed by atoms with van der Waals surface area (Å²) in [6.07, 6.45) is 3.06. The molecule has 2 nitrogen and oxygen atoms in total. The summed E-state index contributed by atoms with van der Waals surface area (Å²) in [6, 6.07) is 6.20.